The zero-order chi connectivity index (χ0) is 8.97. The summed E-state index contributed by atoms with van der Waals surface area (Å²) >= 11 is 6.37. The minimum absolute atomic E-state index is 0.543. The maximum Gasteiger partial charge on any atom is 0.169 e. The molecule has 0 bridgehead atoms. The average molecular weight is 291 g/mol. The molecule has 0 N–H and O–H groups in total. The SMILES string of the molecule is N#C/C(=C\c1ccc(Br)o1)CBr. The molecule has 0 aliphatic carbocycles. The van der Waals surface area contributed by atoms with Gasteiger partial charge in [-0.05, 0) is 34.1 Å². The van der Waals surface area contributed by atoms with E-state index >= 15 is 0 Å². The molecule has 1 aromatic rings. The molecule has 0 amide bonds. The molecule has 0 spiro atoms. The highest BCUT2D eigenvalue weighted by Crippen LogP contribution is 2.16. The molecule has 0 atom stereocenters. The second kappa shape index (κ2) is 4.48. The van der Waals surface area contributed by atoms with Crippen LogP contribution in [-0.2, 0) is 0 Å². The van der Waals surface area contributed by atoms with Gasteiger partial charge in [0.1, 0.15) is 5.76 Å². The highest BCUT2D eigenvalue weighted by molar-refractivity contribution is 9.10. The topological polar surface area (TPSA) is 36.9 Å². The monoisotopic (exact) mass is 289 g/mol. The summed E-state index contributed by atoms with van der Waals surface area (Å²) in [5.41, 5.74) is 0.636. The second-order valence-corrected chi connectivity index (χ2v) is 3.40. The van der Waals surface area contributed by atoms with E-state index in [4.69, 9.17) is 9.68 Å². The first kappa shape index (κ1) is 9.56. The van der Waals surface area contributed by atoms with Crippen LogP contribution >= 0.6 is 31.9 Å². The quantitative estimate of drug-likeness (QED) is 0.619. The Morgan fingerprint density at radius 1 is 1.67 bits per heavy atom. The normalized spacial score (nSPS) is 11.2. The molecule has 1 heterocycles. The van der Waals surface area contributed by atoms with Gasteiger partial charge in [-0.2, -0.15) is 5.26 Å². The van der Waals surface area contributed by atoms with Gasteiger partial charge in [-0.1, -0.05) is 15.9 Å². The van der Waals surface area contributed by atoms with Crippen molar-refractivity contribution in [3.63, 3.8) is 0 Å². The fraction of sp³-hybridized carbons (Fsp3) is 0.125. The van der Waals surface area contributed by atoms with Gasteiger partial charge in [0.15, 0.2) is 4.67 Å². The summed E-state index contributed by atoms with van der Waals surface area (Å²) in [6.07, 6.45) is 1.69. The summed E-state index contributed by atoms with van der Waals surface area (Å²) < 4.78 is 5.85. The van der Waals surface area contributed by atoms with E-state index in [-0.39, 0.29) is 0 Å². The van der Waals surface area contributed by atoms with E-state index in [1.54, 1.807) is 18.2 Å². The van der Waals surface area contributed by atoms with E-state index in [0.717, 1.165) is 0 Å². The number of nitriles is 1. The zero-order valence-corrected chi connectivity index (χ0v) is 9.22. The third-order valence-corrected chi connectivity index (χ3v) is 2.23. The molecule has 1 rings (SSSR count). The molecular formula is C8H5Br2NO. The van der Waals surface area contributed by atoms with Gasteiger partial charge >= 0.3 is 0 Å². The molecule has 0 aliphatic rings. The Kier molecular flexibility index (Phi) is 3.57. The molecule has 0 fully saturated rings. The Bertz CT molecular complexity index is 335. The van der Waals surface area contributed by atoms with E-state index in [9.17, 15) is 0 Å². The molecule has 0 saturated carbocycles. The summed E-state index contributed by atoms with van der Waals surface area (Å²) in [5.74, 6) is 0.679. The summed E-state index contributed by atoms with van der Waals surface area (Å²) in [6.45, 7) is 0. The van der Waals surface area contributed by atoms with Gasteiger partial charge in [-0.3, -0.25) is 0 Å². The predicted molar refractivity (Wildman–Crippen MR) is 53.8 cm³/mol. The predicted octanol–water partition coefficient (Wildman–Crippen LogP) is 3.34. The highest BCUT2D eigenvalue weighted by atomic mass is 79.9. The Morgan fingerprint density at radius 2 is 2.42 bits per heavy atom. The number of rotatable bonds is 2. The van der Waals surface area contributed by atoms with Crippen LogP contribution in [0, 0.1) is 11.3 Å². The first-order chi connectivity index (χ1) is 5.76. The van der Waals surface area contributed by atoms with Gasteiger partial charge < -0.3 is 4.42 Å². The van der Waals surface area contributed by atoms with E-state index in [0.29, 0.717) is 21.3 Å². The lowest BCUT2D eigenvalue weighted by Gasteiger charge is -1.87. The molecule has 0 aromatic carbocycles. The minimum atomic E-state index is 0.543. The van der Waals surface area contributed by atoms with E-state index in [2.05, 4.69) is 31.9 Å². The standard InChI is InChI=1S/C8H5Br2NO/c9-4-6(5-11)3-7-1-2-8(10)12-7/h1-3H,4H2/b6-3-. The van der Waals surface area contributed by atoms with Crippen molar-refractivity contribution in [3.8, 4) is 6.07 Å². The van der Waals surface area contributed by atoms with Crippen LogP contribution in [0.3, 0.4) is 0 Å². The maximum atomic E-state index is 8.59. The van der Waals surface area contributed by atoms with Gasteiger partial charge in [0.25, 0.3) is 0 Å². The number of alkyl halides is 1. The number of furan rings is 1. The van der Waals surface area contributed by atoms with Gasteiger partial charge in [0.2, 0.25) is 0 Å². The molecule has 0 aliphatic heterocycles. The highest BCUT2D eigenvalue weighted by Gasteiger charge is 1.97. The third-order valence-electron chi connectivity index (χ3n) is 1.20. The fourth-order valence-corrected chi connectivity index (χ4v) is 1.28. The molecule has 0 unspecified atom stereocenters. The van der Waals surface area contributed by atoms with Crippen LogP contribution < -0.4 is 0 Å². The summed E-state index contributed by atoms with van der Waals surface area (Å²) in [4.78, 5) is 0. The number of nitrogens with zero attached hydrogens (tertiary/aromatic N) is 1. The number of halogens is 2. The van der Waals surface area contributed by atoms with Crippen molar-refractivity contribution < 1.29 is 4.42 Å². The first-order valence-electron chi connectivity index (χ1n) is 3.18. The Hall–Kier alpha value is -0.530. The van der Waals surface area contributed by atoms with Crippen molar-refractivity contribution in [2.45, 2.75) is 0 Å². The molecule has 4 heteroatoms. The minimum Gasteiger partial charge on any atom is -0.450 e. The van der Waals surface area contributed by atoms with Crippen LogP contribution in [0.2, 0.25) is 0 Å². The van der Waals surface area contributed by atoms with Crippen LogP contribution in [0.1, 0.15) is 5.76 Å². The first-order valence-corrected chi connectivity index (χ1v) is 5.09. The van der Waals surface area contributed by atoms with Crippen LogP contribution in [0.4, 0.5) is 0 Å². The zero-order valence-electron chi connectivity index (χ0n) is 6.05. The Morgan fingerprint density at radius 3 is 2.83 bits per heavy atom. The van der Waals surface area contributed by atoms with Crippen molar-refractivity contribution in [2.75, 3.05) is 5.33 Å². The van der Waals surface area contributed by atoms with E-state index < -0.39 is 0 Å². The van der Waals surface area contributed by atoms with Crippen LogP contribution in [0.5, 0.6) is 0 Å². The lowest BCUT2D eigenvalue weighted by atomic mass is 10.3. The Labute approximate surface area is 87.1 Å². The van der Waals surface area contributed by atoms with Crippen LogP contribution in [0.15, 0.2) is 26.8 Å². The molecule has 2 nitrogen and oxygen atoms in total. The summed E-state index contributed by atoms with van der Waals surface area (Å²) in [6, 6.07) is 5.63. The number of hydrogen-bond donors (Lipinski definition) is 0. The molecule has 0 saturated heterocycles. The van der Waals surface area contributed by atoms with E-state index in [1.165, 1.54) is 0 Å². The van der Waals surface area contributed by atoms with Crippen LogP contribution in [0.25, 0.3) is 6.08 Å². The third kappa shape index (κ3) is 2.50. The van der Waals surface area contributed by atoms with Gasteiger partial charge in [0, 0.05) is 10.9 Å². The Balaban J connectivity index is 2.87. The van der Waals surface area contributed by atoms with Crippen LogP contribution in [-0.4, -0.2) is 5.33 Å². The molecule has 1 aromatic heterocycles. The van der Waals surface area contributed by atoms with Crippen molar-refractivity contribution in [1.82, 2.24) is 0 Å². The lowest BCUT2D eigenvalue weighted by molar-refractivity contribution is 0.531. The molecular weight excluding hydrogens is 286 g/mol. The molecule has 0 radical (unpaired) electrons. The van der Waals surface area contributed by atoms with Crippen molar-refractivity contribution >= 4 is 37.9 Å². The number of allylic oxidation sites excluding steroid dienone is 1. The second-order valence-electron chi connectivity index (χ2n) is 2.06. The largest absolute Gasteiger partial charge is 0.450 e. The van der Waals surface area contributed by atoms with Crippen molar-refractivity contribution in [3.05, 3.63) is 28.1 Å². The average Bonchev–Trinajstić information content (AvgIpc) is 2.47. The van der Waals surface area contributed by atoms with Crippen molar-refractivity contribution in [2.24, 2.45) is 0 Å². The molecule has 62 valence electrons. The maximum absolute atomic E-state index is 8.59. The van der Waals surface area contributed by atoms with Gasteiger partial charge in [-0.25, -0.2) is 0 Å². The number of hydrogen-bond acceptors (Lipinski definition) is 2. The smallest absolute Gasteiger partial charge is 0.169 e. The van der Waals surface area contributed by atoms with Gasteiger partial charge in [-0.15, -0.1) is 0 Å². The summed E-state index contributed by atoms with van der Waals surface area (Å²) in [5, 5.41) is 9.14. The van der Waals surface area contributed by atoms with Gasteiger partial charge in [0.05, 0.1) is 6.07 Å². The molecule has 12 heavy (non-hydrogen) atoms. The van der Waals surface area contributed by atoms with Crippen molar-refractivity contribution in [1.29, 1.82) is 5.26 Å². The summed E-state index contributed by atoms with van der Waals surface area (Å²) in [7, 11) is 0. The fourth-order valence-electron chi connectivity index (χ4n) is 0.678. The van der Waals surface area contributed by atoms with E-state index in [1.807, 2.05) is 6.07 Å². The lowest BCUT2D eigenvalue weighted by Crippen LogP contribution is -1.77.